The van der Waals surface area contributed by atoms with Gasteiger partial charge in [0.1, 0.15) is 0 Å². The summed E-state index contributed by atoms with van der Waals surface area (Å²) in [6.45, 7) is 7.43. The first-order valence-electron chi connectivity index (χ1n) is 6.21. The molecular weight excluding hydrogens is 250 g/mol. The van der Waals surface area contributed by atoms with E-state index in [1.54, 1.807) is 0 Å². The number of hydrogen-bond donors (Lipinski definition) is 2. The van der Waals surface area contributed by atoms with Crippen LogP contribution in [0.4, 0.5) is 5.13 Å². The second kappa shape index (κ2) is 7.99. The molecule has 0 aliphatic heterocycles. The van der Waals surface area contributed by atoms with Gasteiger partial charge in [-0.3, -0.25) is 4.79 Å². The number of carbonyl (C=O) groups excluding carboxylic acids is 1. The summed E-state index contributed by atoms with van der Waals surface area (Å²) in [5.74, 6) is -0.151. The molecule has 1 aromatic rings. The van der Waals surface area contributed by atoms with E-state index in [0.717, 1.165) is 26.1 Å². The fraction of sp³-hybridized carbons (Fsp3) is 0.727. The number of aromatic nitrogens is 2. The van der Waals surface area contributed by atoms with Gasteiger partial charge in [0.25, 0.3) is 5.91 Å². The second-order valence-corrected chi connectivity index (χ2v) is 4.97. The molecule has 0 radical (unpaired) electrons. The van der Waals surface area contributed by atoms with Gasteiger partial charge in [0.15, 0.2) is 0 Å². The van der Waals surface area contributed by atoms with Crippen molar-refractivity contribution in [1.29, 1.82) is 0 Å². The molecule has 7 heteroatoms. The molecule has 1 amide bonds. The Kier molecular flexibility index (Phi) is 6.59. The van der Waals surface area contributed by atoms with Gasteiger partial charge in [-0.05, 0) is 20.0 Å². The molecule has 0 aliphatic rings. The van der Waals surface area contributed by atoms with Crippen molar-refractivity contribution in [3.05, 3.63) is 5.01 Å². The zero-order valence-electron chi connectivity index (χ0n) is 11.2. The third-order valence-corrected chi connectivity index (χ3v) is 3.34. The zero-order valence-corrected chi connectivity index (χ0v) is 12.0. The lowest BCUT2D eigenvalue weighted by Gasteiger charge is -2.13. The maximum Gasteiger partial charge on any atom is 0.282 e. The fourth-order valence-corrected chi connectivity index (χ4v) is 1.90. The average molecular weight is 271 g/mol. The van der Waals surface area contributed by atoms with Gasteiger partial charge in [-0.1, -0.05) is 25.2 Å². The largest absolute Gasteiger partial charge is 0.360 e. The minimum absolute atomic E-state index is 0.151. The third-order valence-electron chi connectivity index (χ3n) is 2.46. The average Bonchev–Trinajstić information content (AvgIpc) is 2.84. The van der Waals surface area contributed by atoms with Crippen LogP contribution >= 0.6 is 11.3 Å². The van der Waals surface area contributed by atoms with Gasteiger partial charge < -0.3 is 15.5 Å². The highest BCUT2D eigenvalue weighted by atomic mass is 32.1. The Morgan fingerprint density at radius 2 is 2.11 bits per heavy atom. The predicted molar refractivity (Wildman–Crippen MR) is 74.2 cm³/mol. The summed E-state index contributed by atoms with van der Waals surface area (Å²) in [6, 6.07) is 0. The van der Waals surface area contributed by atoms with Crippen LogP contribution in [0.3, 0.4) is 0 Å². The molecule has 0 aromatic carbocycles. The predicted octanol–water partition coefficient (Wildman–Crippen LogP) is 1.04. The molecule has 0 saturated carbocycles. The van der Waals surface area contributed by atoms with Crippen LogP contribution < -0.4 is 10.6 Å². The molecule has 6 nitrogen and oxygen atoms in total. The van der Waals surface area contributed by atoms with E-state index in [0.29, 0.717) is 16.7 Å². The molecule has 0 unspecified atom stereocenters. The SMILES string of the molecule is CCCNc1nnc(C(=O)NCCN(C)CC)s1. The van der Waals surface area contributed by atoms with Gasteiger partial charge in [0.05, 0.1) is 0 Å². The summed E-state index contributed by atoms with van der Waals surface area (Å²) < 4.78 is 0. The monoisotopic (exact) mass is 271 g/mol. The molecule has 1 rings (SSSR count). The van der Waals surface area contributed by atoms with Crippen molar-refractivity contribution in [3.63, 3.8) is 0 Å². The number of amides is 1. The zero-order chi connectivity index (χ0) is 13.4. The Balaban J connectivity index is 2.35. The van der Waals surface area contributed by atoms with E-state index in [1.807, 2.05) is 7.05 Å². The van der Waals surface area contributed by atoms with Gasteiger partial charge in [0, 0.05) is 19.6 Å². The molecule has 2 N–H and O–H groups in total. The van der Waals surface area contributed by atoms with Crippen LogP contribution in [0.25, 0.3) is 0 Å². The highest BCUT2D eigenvalue weighted by molar-refractivity contribution is 7.17. The van der Waals surface area contributed by atoms with Crippen molar-refractivity contribution in [2.75, 3.05) is 38.5 Å². The molecule has 1 aromatic heterocycles. The first-order valence-corrected chi connectivity index (χ1v) is 7.03. The van der Waals surface area contributed by atoms with Gasteiger partial charge in [-0.2, -0.15) is 0 Å². The Morgan fingerprint density at radius 3 is 2.78 bits per heavy atom. The van der Waals surface area contributed by atoms with Crippen LogP contribution in [0, 0.1) is 0 Å². The van der Waals surface area contributed by atoms with Crippen LogP contribution in [-0.2, 0) is 0 Å². The van der Waals surface area contributed by atoms with E-state index in [-0.39, 0.29) is 5.91 Å². The Morgan fingerprint density at radius 1 is 1.33 bits per heavy atom. The lowest BCUT2D eigenvalue weighted by Crippen LogP contribution is -2.32. The molecule has 1 heterocycles. The van der Waals surface area contributed by atoms with E-state index in [2.05, 4.69) is 39.6 Å². The van der Waals surface area contributed by atoms with E-state index in [4.69, 9.17) is 0 Å². The second-order valence-electron chi connectivity index (χ2n) is 3.99. The maximum atomic E-state index is 11.8. The number of hydrogen-bond acceptors (Lipinski definition) is 6. The molecule has 102 valence electrons. The standard InChI is InChI=1S/C11H21N5OS/c1-4-6-13-11-15-14-10(18-11)9(17)12-7-8-16(3)5-2/h4-8H2,1-3H3,(H,12,17)(H,13,15). The quantitative estimate of drug-likeness (QED) is 0.739. The molecule has 18 heavy (non-hydrogen) atoms. The highest BCUT2D eigenvalue weighted by Crippen LogP contribution is 2.14. The summed E-state index contributed by atoms with van der Waals surface area (Å²) in [6.07, 6.45) is 1.02. The van der Waals surface area contributed by atoms with Crippen LogP contribution in [0.5, 0.6) is 0 Å². The normalized spacial score (nSPS) is 10.7. The van der Waals surface area contributed by atoms with Gasteiger partial charge in [0.2, 0.25) is 10.1 Å². The van der Waals surface area contributed by atoms with Crippen molar-refractivity contribution >= 4 is 22.4 Å². The van der Waals surface area contributed by atoms with Crippen LogP contribution in [-0.4, -0.2) is 54.2 Å². The summed E-state index contributed by atoms with van der Waals surface area (Å²) in [5, 5.41) is 14.8. The van der Waals surface area contributed by atoms with Crippen molar-refractivity contribution < 1.29 is 4.79 Å². The minimum Gasteiger partial charge on any atom is -0.360 e. The van der Waals surface area contributed by atoms with Crippen molar-refractivity contribution in [2.45, 2.75) is 20.3 Å². The van der Waals surface area contributed by atoms with Gasteiger partial charge in [-0.25, -0.2) is 0 Å². The number of rotatable bonds is 8. The number of nitrogens with zero attached hydrogens (tertiary/aromatic N) is 3. The number of anilines is 1. The first kappa shape index (κ1) is 14.8. The molecule has 0 aliphatic carbocycles. The number of likely N-dealkylation sites (N-methyl/N-ethyl adjacent to an activating group) is 1. The Bertz CT molecular complexity index is 368. The van der Waals surface area contributed by atoms with E-state index in [9.17, 15) is 4.79 Å². The van der Waals surface area contributed by atoms with E-state index < -0.39 is 0 Å². The molecule has 0 atom stereocenters. The van der Waals surface area contributed by atoms with Crippen molar-refractivity contribution in [2.24, 2.45) is 0 Å². The Hall–Kier alpha value is -1.21. The number of carbonyl (C=O) groups is 1. The van der Waals surface area contributed by atoms with E-state index >= 15 is 0 Å². The fourth-order valence-electron chi connectivity index (χ4n) is 1.21. The van der Waals surface area contributed by atoms with Crippen molar-refractivity contribution in [1.82, 2.24) is 20.4 Å². The lowest BCUT2D eigenvalue weighted by molar-refractivity contribution is 0.0949. The first-order chi connectivity index (χ1) is 8.67. The number of nitrogens with one attached hydrogen (secondary N) is 2. The summed E-state index contributed by atoms with van der Waals surface area (Å²) in [7, 11) is 2.02. The summed E-state index contributed by atoms with van der Waals surface area (Å²) in [4.78, 5) is 13.9. The molecule has 0 fully saturated rings. The highest BCUT2D eigenvalue weighted by Gasteiger charge is 2.11. The van der Waals surface area contributed by atoms with Crippen molar-refractivity contribution in [3.8, 4) is 0 Å². The van der Waals surface area contributed by atoms with E-state index in [1.165, 1.54) is 11.3 Å². The molecule has 0 bridgehead atoms. The smallest absolute Gasteiger partial charge is 0.282 e. The minimum atomic E-state index is -0.151. The van der Waals surface area contributed by atoms with Crippen LogP contribution in [0.15, 0.2) is 0 Å². The molecule has 0 saturated heterocycles. The summed E-state index contributed by atoms with van der Waals surface area (Å²) >= 11 is 1.29. The maximum absolute atomic E-state index is 11.8. The summed E-state index contributed by atoms with van der Waals surface area (Å²) in [5.41, 5.74) is 0. The lowest BCUT2D eigenvalue weighted by atomic mass is 10.5. The van der Waals surface area contributed by atoms with Gasteiger partial charge >= 0.3 is 0 Å². The molecule has 0 spiro atoms. The molecular formula is C11H21N5OS. The Labute approximate surface area is 112 Å². The third kappa shape index (κ3) is 4.97. The topological polar surface area (TPSA) is 70.1 Å². The van der Waals surface area contributed by atoms with Crippen LogP contribution in [0.2, 0.25) is 0 Å². The van der Waals surface area contributed by atoms with Gasteiger partial charge in [-0.15, -0.1) is 10.2 Å². The van der Waals surface area contributed by atoms with Crippen LogP contribution in [0.1, 0.15) is 30.1 Å².